The molecule has 0 N–H and O–H groups in total. The molecule has 0 aliphatic carbocycles. The molecular weight excluding hydrogens is 518 g/mol. The van der Waals surface area contributed by atoms with Gasteiger partial charge in [-0.05, 0) is 72.8 Å². The summed E-state index contributed by atoms with van der Waals surface area (Å²) in [5.74, 6) is 0.715. The predicted octanol–water partition coefficient (Wildman–Crippen LogP) is 6.94. The van der Waals surface area contributed by atoms with Crippen molar-refractivity contribution in [3.63, 3.8) is 0 Å². The van der Waals surface area contributed by atoms with Crippen molar-refractivity contribution in [2.24, 2.45) is 4.99 Å². The van der Waals surface area contributed by atoms with Crippen LogP contribution in [0.2, 0.25) is 0 Å². The normalized spacial score (nSPS) is 18.9. The van der Waals surface area contributed by atoms with Crippen LogP contribution >= 0.6 is 39.5 Å². The number of carbonyl (C=O) groups is 1. The molecule has 1 amide bonds. The van der Waals surface area contributed by atoms with Gasteiger partial charge < -0.3 is 9.64 Å². The van der Waals surface area contributed by atoms with Gasteiger partial charge in [0.2, 0.25) is 0 Å². The van der Waals surface area contributed by atoms with Crippen LogP contribution in [0.25, 0.3) is 0 Å². The minimum atomic E-state index is -0.0735. The molecule has 8 heteroatoms. The highest BCUT2D eigenvalue weighted by Gasteiger charge is 2.40. The van der Waals surface area contributed by atoms with Crippen molar-refractivity contribution >= 4 is 67.6 Å². The lowest BCUT2D eigenvalue weighted by Gasteiger charge is -2.17. The fourth-order valence-corrected chi connectivity index (χ4v) is 6.24. The molecule has 5 nitrogen and oxygen atoms in total. The number of carbonyl (C=O) groups excluding carboxylic acids is 1. The van der Waals surface area contributed by atoms with Crippen molar-refractivity contribution < 1.29 is 9.53 Å². The van der Waals surface area contributed by atoms with Gasteiger partial charge in [-0.1, -0.05) is 39.8 Å². The molecule has 2 aliphatic heterocycles. The Bertz CT molecular complexity index is 1320. The van der Waals surface area contributed by atoms with E-state index >= 15 is 0 Å². The molecule has 1 saturated heterocycles. The van der Waals surface area contributed by atoms with Crippen LogP contribution in [0.15, 0.2) is 91.0 Å². The monoisotopic (exact) mass is 537 g/mol. The second-order valence-electron chi connectivity index (χ2n) is 7.58. The third-order valence-electron chi connectivity index (χ3n) is 5.33. The first kappa shape index (κ1) is 22.1. The lowest BCUT2D eigenvalue weighted by molar-refractivity contribution is -0.113. The molecule has 2 aliphatic rings. The van der Waals surface area contributed by atoms with E-state index in [1.165, 1.54) is 11.8 Å². The molecule has 3 aromatic carbocycles. The first-order valence-electron chi connectivity index (χ1n) is 10.2. The van der Waals surface area contributed by atoms with Gasteiger partial charge in [-0.2, -0.15) is 0 Å². The number of hydrogen-bond donors (Lipinski definition) is 0. The van der Waals surface area contributed by atoms with Gasteiger partial charge in [0.15, 0.2) is 5.17 Å². The second kappa shape index (κ2) is 8.93. The van der Waals surface area contributed by atoms with E-state index in [9.17, 15) is 4.79 Å². The molecule has 5 rings (SSSR count). The molecule has 0 aromatic heterocycles. The molecule has 2 heterocycles. The number of benzene rings is 3. The number of anilines is 2. The lowest BCUT2D eigenvalue weighted by atomic mass is 10.2. The van der Waals surface area contributed by atoms with Gasteiger partial charge in [-0.3, -0.25) is 9.69 Å². The highest BCUT2D eigenvalue weighted by molar-refractivity contribution is 9.10. The van der Waals surface area contributed by atoms with Gasteiger partial charge in [-0.15, -0.1) is 0 Å². The lowest BCUT2D eigenvalue weighted by Crippen LogP contribution is -2.29. The number of aryl methyl sites for hydroxylation is 1. The molecule has 0 radical (unpaired) electrons. The zero-order chi connectivity index (χ0) is 23.1. The molecule has 0 bridgehead atoms. The number of amidine groups is 1. The number of nitrogens with zero attached hydrogens (tertiary/aromatic N) is 3. The summed E-state index contributed by atoms with van der Waals surface area (Å²) in [6.07, 6.45) is 0. The Morgan fingerprint density at radius 2 is 1.79 bits per heavy atom. The van der Waals surface area contributed by atoms with Crippen LogP contribution in [0.1, 0.15) is 5.56 Å². The topological polar surface area (TPSA) is 45.1 Å². The van der Waals surface area contributed by atoms with Crippen LogP contribution in [0, 0.1) is 6.92 Å². The molecule has 33 heavy (non-hydrogen) atoms. The largest absolute Gasteiger partial charge is 0.497 e. The quantitative estimate of drug-likeness (QED) is 0.338. The maximum Gasteiger partial charge on any atom is 0.274 e. The van der Waals surface area contributed by atoms with Crippen molar-refractivity contribution in [1.29, 1.82) is 0 Å². The van der Waals surface area contributed by atoms with Gasteiger partial charge in [0.05, 0.1) is 29.2 Å². The minimum Gasteiger partial charge on any atom is -0.497 e. The van der Waals surface area contributed by atoms with Gasteiger partial charge in [0.25, 0.3) is 5.91 Å². The number of methoxy groups -OCH3 is 1. The maximum absolute atomic E-state index is 13.8. The molecular formula is C25H20BrN3O2S2. The van der Waals surface area contributed by atoms with Crippen LogP contribution in [0.4, 0.5) is 17.1 Å². The number of ether oxygens (including phenoxy) is 1. The number of fused-ring (bicyclic) bond motifs is 1. The molecule has 0 saturated carbocycles. The number of thioether (sulfide) groups is 2. The highest BCUT2D eigenvalue weighted by Crippen LogP contribution is 2.51. The fourth-order valence-electron chi connectivity index (χ4n) is 3.65. The summed E-state index contributed by atoms with van der Waals surface area (Å²) >= 11 is 6.47. The number of aliphatic imine (C=N–C) groups is 1. The van der Waals surface area contributed by atoms with Crippen LogP contribution < -0.4 is 14.5 Å². The van der Waals surface area contributed by atoms with Crippen molar-refractivity contribution in [1.82, 2.24) is 0 Å². The summed E-state index contributed by atoms with van der Waals surface area (Å²) in [4.78, 5) is 24.1. The van der Waals surface area contributed by atoms with Gasteiger partial charge in [0, 0.05) is 22.5 Å². The Hall–Kier alpha value is -2.68. The average molecular weight is 538 g/mol. The van der Waals surface area contributed by atoms with E-state index in [4.69, 9.17) is 9.73 Å². The Morgan fingerprint density at radius 1 is 1.00 bits per heavy atom. The van der Waals surface area contributed by atoms with Gasteiger partial charge in [0.1, 0.15) is 10.7 Å². The predicted molar refractivity (Wildman–Crippen MR) is 142 cm³/mol. The number of amides is 1. The maximum atomic E-state index is 13.8. The van der Waals surface area contributed by atoms with E-state index in [-0.39, 0.29) is 5.91 Å². The van der Waals surface area contributed by atoms with Crippen LogP contribution in [-0.2, 0) is 4.79 Å². The summed E-state index contributed by atoms with van der Waals surface area (Å²) in [7, 11) is 3.64. The smallest absolute Gasteiger partial charge is 0.274 e. The Morgan fingerprint density at radius 3 is 2.52 bits per heavy atom. The summed E-state index contributed by atoms with van der Waals surface area (Å²) in [6.45, 7) is 2.02. The Kier molecular flexibility index (Phi) is 5.99. The molecule has 0 spiro atoms. The van der Waals surface area contributed by atoms with Gasteiger partial charge >= 0.3 is 0 Å². The van der Waals surface area contributed by atoms with E-state index in [2.05, 4.69) is 20.8 Å². The fraction of sp³-hybridized carbons (Fsp3) is 0.120. The zero-order valence-electron chi connectivity index (χ0n) is 18.2. The van der Waals surface area contributed by atoms with Gasteiger partial charge in [-0.25, -0.2) is 4.99 Å². The summed E-state index contributed by atoms with van der Waals surface area (Å²) < 4.78 is 6.38. The van der Waals surface area contributed by atoms with E-state index in [0.717, 1.165) is 42.8 Å². The van der Waals surface area contributed by atoms with E-state index in [0.29, 0.717) is 10.1 Å². The number of halogens is 1. The Balaban J connectivity index is 1.60. The van der Waals surface area contributed by atoms with E-state index in [1.807, 2.05) is 80.7 Å². The molecule has 1 fully saturated rings. The minimum absolute atomic E-state index is 0.0735. The third-order valence-corrected chi connectivity index (χ3v) is 8.25. The van der Waals surface area contributed by atoms with E-state index < -0.39 is 0 Å². The second-order valence-corrected chi connectivity index (χ2v) is 10.5. The average Bonchev–Trinajstić information content (AvgIpc) is 3.31. The molecule has 0 unspecified atom stereocenters. The molecule has 166 valence electrons. The van der Waals surface area contributed by atoms with Crippen LogP contribution in [-0.4, -0.2) is 25.2 Å². The highest BCUT2D eigenvalue weighted by atomic mass is 79.9. The standard InChI is InChI=1S/C25H20BrN3O2S2/c1-15-5-4-6-18(13-15)29-23(30)22(33-25(29)27-17-9-7-16(26)8-10-17)24-28(2)20-14-19(31-3)11-12-21(20)32-24/h4-14H,1-3H3/b24-22-,27-25?. The summed E-state index contributed by atoms with van der Waals surface area (Å²) in [6, 6.07) is 21.7. The first-order chi connectivity index (χ1) is 15.9. The Labute approximate surface area is 209 Å². The van der Waals surface area contributed by atoms with Crippen molar-refractivity contribution in [2.75, 3.05) is 24.0 Å². The summed E-state index contributed by atoms with van der Waals surface area (Å²) in [5.41, 5.74) is 3.71. The zero-order valence-corrected chi connectivity index (χ0v) is 21.4. The van der Waals surface area contributed by atoms with Crippen molar-refractivity contribution in [3.05, 3.63) is 86.7 Å². The van der Waals surface area contributed by atoms with E-state index in [1.54, 1.807) is 23.8 Å². The van der Waals surface area contributed by atoms with Crippen molar-refractivity contribution in [2.45, 2.75) is 11.8 Å². The molecule has 3 aromatic rings. The number of rotatable bonds is 3. The summed E-state index contributed by atoms with van der Waals surface area (Å²) in [5, 5.41) is 1.53. The number of hydrogen-bond acceptors (Lipinski definition) is 6. The van der Waals surface area contributed by atoms with Crippen LogP contribution in [0.3, 0.4) is 0 Å². The molecule has 0 atom stereocenters. The van der Waals surface area contributed by atoms with Crippen LogP contribution in [0.5, 0.6) is 5.75 Å². The van der Waals surface area contributed by atoms with Crippen molar-refractivity contribution in [3.8, 4) is 5.75 Å². The SMILES string of the molecule is COc1ccc2c(c1)N(C)/C(=C1/SC(=Nc3ccc(Br)cc3)N(c3cccc(C)c3)C1=O)S2. The third kappa shape index (κ3) is 4.18. The first-order valence-corrected chi connectivity index (χ1v) is 12.6.